The lowest BCUT2D eigenvalue weighted by atomic mass is 9.99. The van der Waals surface area contributed by atoms with Crippen molar-refractivity contribution in [2.24, 2.45) is 0 Å². The van der Waals surface area contributed by atoms with E-state index in [-0.39, 0.29) is 0 Å². The zero-order chi connectivity index (χ0) is 9.80. The van der Waals surface area contributed by atoms with Crippen LogP contribution in [0.15, 0.2) is 0 Å². The van der Waals surface area contributed by atoms with Crippen molar-refractivity contribution in [2.75, 3.05) is 0 Å². The molecule has 5 nitrogen and oxygen atoms in total. The molecular weight excluding hydrogens is 176 g/mol. The summed E-state index contributed by atoms with van der Waals surface area (Å²) in [7, 11) is 0. The summed E-state index contributed by atoms with van der Waals surface area (Å²) in [5.41, 5.74) is -0.726. The fraction of sp³-hybridized carbons (Fsp3) is 1.00. The Balaban J connectivity index is 2.20. The molecule has 2 saturated heterocycles. The van der Waals surface area contributed by atoms with E-state index in [1.165, 1.54) is 0 Å². The molecule has 5 heteroatoms. The second kappa shape index (κ2) is 2.65. The minimum absolute atomic E-state index is 0.625. The van der Waals surface area contributed by atoms with E-state index in [4.69, 9.17) is 14.6 Å². The summed E-state index contributed by atoms with van der Waals surface area (Å²) in [5, 5.41) is 28.2. The Labute approximate surface area is 75.9 Å². The van der Waals surface area contributed by atoms with Crippen LogP contribution in [0.25, 0.3) is 0 Å². The molecular formula is C8H14O5. The zero-order valence-corrected chi connectivity index (χ0v) is 7.54. The quantitative estimate of drug-likeness (QED) is 0.438. The first-order chi connectivity index (χ1) is 5.93. The van der Waals surface area contributed by atoms with E-state index in [0.29, 0.717) is 0 Å². The summed E-state index contributed by atoms with van der Waals surface area (Å²) >= 11 is 0. The fourth-order valence-electron chi connectivity index (χ4n) is 1.88. The third kappa shape index (κ3) is 1.19. The molecule has 0 spiro atoms. The molecule has 13 heavy (non-hydrogen) atoms. The highest BCUT2D eigenvalue weighted by Crippen LogP contribution is 2.39. The lowest BCUT2D eigenvalue weighted by Crippen LogP contribution is -2.39. The summed E-state index contributed by atoms with van der Waals surface area (Å²) in [6.07, 6.45) is -4.38. The molecule has 3 N–H and O–H groups in total. The number of ether oxygens (including phenoxy) is 2. The van der Waals surface area contributed by atoms with Gasteiger partial charge < -0.3 is 24.8 Å². The average Bonchev–Trinajstić information content (AvgIpc) is 2.41. The van der Waals surface area contributed by atoms with Gasteiger partial charge in [0.15, 0.2) is 6.29 Å². The SMILES string of the molecule is CC1(C)OC2C(O)C(O)OC2C1O. The predicted octanol–water partition coefficient (Wildman–Crippen LogP) is -1.40. The predicted molar refractivity (Wildman–Crippen MR) is 41.8 cm³/mol. The molecule has 0 aromatic rings. The maximum absolute atomic E-state index is 9.69. The number of fused-ring (bicyclic) bond motifs is 1. The number of rotatable bonds is 0. The van der Waals surface area contributed by atoms with Crippen LogP contribution in [0, 0.1) is 0 Å². The van der Waals surface area contributed by atoms with Crippen molar-refractivity contribution in [3.05, 3.63) is 0 Å². The Bertz CT molecular complexity index is 217. The van der Waals surface area contributed by atoms with Crippen molar-refractivity contribution in [3.63, 3.8) is 0 Å². The van der Waals surface area contributed by atoms with E-state index >= 15 is 0 Å². The minimum atomic E-state index is -1.25. The maximum atomic E-state index is 9.69. The van der Waals surface area contributed by atoms with E-state index in [9.17, 15) is 10.2 Å². The second-order valence-corrected chi connectivity index (χ2v) is 4.11. The first kappa shape index (κ1) is 9.36. The third-order valence-corrected chi connectivity index (χ3v) is 2.71. The molecule has 5 unspecified atom stereocenters. The molecule has 76 valence electrons. The van der Waals surface area contributed by atoms with Crippen LogP contribution in [0.3, 0.4) is 0 Å². The van der Waals surface area contributed by atoms with Gasteiger partial charge >= 0.3 is 0 Å². The summed E-state index contributed by atoms with van der Waals surface area (Å²) in [6.45, 7) is 3.44. The Kier molecular flexibility index (Phi) is 1.91. The molecule has 0 aliphatic carbocycles. The van der Waals surface area contributed by atoms with Crippen molar-refractivity contribution < 1.29 is 24.8 Å². The van der Waals surface area contributed by atoms with Crippen LogP contribution in [0.1, 0.15) is 13.8 Å². The summed E-state index contributed by atoms with van der Waals surface area (Å²) < 4.78 is 10.4. The Morgan fingerprint density at radius 3 is 2.23 bits per heavy atom. The minimum Gasteiger partial charge on any atom is -0.387 e. The fourth-order valence-corrected chi connectivity index (χ4v) is 1.88. The first-order valence-electron chi connectivity index (χ1n) is 4.31. The van der Waals surface area contributed by atoms with Crippen LogP contribution < -0.4 is 0 Å². The van der Waals surface area contributed by atoms with Gasteiger partial charge in [0.1, 0.15) is 24.4 Å². The zero-order valence-electron chi connectivity index (χ0n) is 7.54. The molecule has 2 aliphatic heterocycles. The second-order valence-electron chi connectivity index (χ2n) is 4.11. The van der Waals surface area contributed by atoms with Gasteiger partial charge in [0.05, 0.1) is 5.60 Å². The van der Waals surface area contributed by atoms with E-state index < -0.39 is 36.3 Å². The van der Waals surface area contributed by atoms with Crippen molar-refractivity contribution in [2.45, 2.75) is 50.2 Å². The topological polar surface area (TPSA) is 79.2 Å². The lowest BCUT2D eigenvalue weighted by molar-refractivity contribution is -0.171. The van der Waals surface area contributed by atoms with Gasteiger partial charge in [-0.2, -0.15) is 0 Å². The molecule has 0 bridgehead atoms. The molecule has 0 aromatic carbocycles. The van der Waals surface area contributed by atoms with E-state index in [0.717, 1.165) is 0 Å². The van der Waals surface area contributed by atoms with Gasteiger partial charge in [-0.15, -0.1) is 0 Å². The van der Waals surface area contributed by atoms with Gasteiger partial charge in [-0.1, -0.05) is 0 Å². The van der Waals surface area contributed by atoms with Crippen LogP contribution in [-0.4, -0.2) is 51.6 Å². The normalized spacial score (nSPS) is 53.8. The number of aliphatic hydroxyl groups is 3. The van der Waals surface area contributed by atoms with Crippen LogP contribution >= 0.6 is 0 Å². The van der Waals surface area contributed by atoms with Crippen molar-refractivity contribution >= 4 is 0 Å². The molecule has 0 amide bonds. The molecule has 5 atom stereocenters. The summed E-state index contributed by atoms with van der Waals surface area (Å²) in [5.74, 6) is 0. The highest BCUT2D eigenvalue weighted by Gasteiger charge is 2.58. The van der Waals surface area contributed by atoms with Gasteiger partial charge in [-0.05, 0) is 13.8 Å². The Hall–Kier alpha value is -0.200. The monoisotopic (exact) mass is 190 g/mol. The van der Waals surface area contributed by atoms with E-state index in [1.54, 1.807) is 13.8 Å². The molecule has 2 heterocycles. The van der Waals surface area contributed by atoms with Gasteiger partial charge in [0, 0.05) is 0 Å². The highest BCUT2D eigenvalue weighted by atomic mass is 16.7. The molecule has 2 aliphatic rings. The lowest BCUT2D eigenvalue weighted by Gasteiger charge is -2.25. The summed E-state index contributed by atoms with van der Waals surface area (Å²) in [6, 6.07) is 0. The smallest absolute Gasteiger partial charge is 0.184 e. The largest absolute Gasteiger partial charge is 0.387 e. The molecule has 2 fully saturated rings. The van der Waals surface area contributed by atoms with Gasteiger partial charge in [-0.3, -0.25) is 0 Å². The molecule has 0 aromatic heterocycles. The van der Waals surface area contributed by atoms with Gasteiger partial charge in [-0.25, -0.2) is 0 Å². The Morgan fingerprint density at radius 1 is 1.08 bits per heavy atom. The van der Waals surface area contributed by atoms with Crippen LogP contribution in [-0.2, 0) is 9.47 Å². The van der Waals surface area contributed by atoms with Crippen LogP contribution in [0.4, 0.5) is 0 Å². The van der Waals surface area contributed by atoms with E-state index in [1.807, 2.05) is 0 Å². The molecule has 2 rings (SSSR count). The van der Waals surface area contributed by atoms with Crippen molar-refractivity contribution in [1.82, 2.24) is 0 Å². The molecule has 0 radical (unpaired) electrons. The first-order valence-corrected chi connectivity index (χ1v) is 4.31. The van der Waals surface area contributed by atoms with Crippen LogP contribution in [0.2, 0.25) is 0 Å². The Morgan fingerprint density at radius 2 is 1.69 bits per heavy atom. The van der Waals surface area contributed by atoms with Crippen molar-refractivity contribution in [1.29, 1.82) is 0 Å². The molecule has 0 saturated carbocycles. The number of aliphatic hydroxyl groups excluding tert-OH is 3. The maximum Gasteiger partial charge on any atom is 0.184 e. The average molecular weight is 190 g/mol. The number of hydrogen-bond acceptors (Lipinski definition) is 5. The third-order valence-electron chi connectivity index (χ3n) is 2.71. The van der Waals surface area contributed by atoms with Gasteiger partial charge in [0.2, 0.25) is 0 Å². The number of hydrogen-bond donors (Lipinski definition) is 3. The van der Waals surface area contributed by atoms with Crippen molar-refractivity contribution in [3.8, 4) is 0 Å². The van der Waals surface area contributed by atoms with E-state index in [2.05, 4.69) is 0 Å². The van der Waals surface area contributed by atoms with Gasteiger partial charge in [0.25, 0.3) is 0 Å². The summed E-state index contributed by atoms with van der Waals surface area (Å²) in [4.78, 5) is 0. The highest BCUT2D eigenvalue weighted by molar-refractivity contribution is 5.04. The standard InChI is InChI=1S/C8H14O5/c1-8(2)6(10)5-4(13-8)3(9)7(11)12-5/h3-7,9-11H,1-2H3. The van der Waals surface area contributed by atoms with Crippen LogP contribution in [0.5, 0.6) is 0 Å².